The SMILES string of the molecule is NNc1cc(C(=O)NCCn2ccnc2)cc(Cl)n1. The van der Waals surface area contributed by atoms with Crippen LogP contribution in [0.5, 0.6) is 0 Å². The highest BCUT2D eigenvalue weighted by atomic mass is 35.5. The maximum atomic E-state index is 11.9. The van der Waals surface area contributed by atoms with Gasteiger partial charge in [0.05, 0.1) is 6.33 Å². The van der Waals surface area contributed by atoms with Gasteiger partial charge < -0.3 is 15.3 Å². The maximum Gasteiger partial charge on any atom is 0.251 e. The molecule has 100 valence electrons. The van der Waals surface area contributed by atoms with E-state index < -0.39 is 0 Å². The lowest BCUT2D eigenvalue weighted by atomic mass is 10.2. The van der Waals surface area contributed by atoms with E-state index in [1.54, 1.807) is 12.5 Å². The predicted molar refractivity (Wildman–Crippen MR) is 71.6 cm³/mol. The van der Waals surface area contributed by atoms with E-state index in [4.69, 9.17) is 17.4 Å². The van der Waals surface area contributed by atoms with Gasteiger partial charge in [-0.25, -0.2) is 15.8 Å². The van der Waals surface area contributed by atoms with E-state index in [0.717, 1.165) is 0 Å². The van der Waals surface area contributed by atoms with E-state index in [1.807, 2.05) is 10.8 Å². The normalized spacial score (nSPS) is 10.2. The molecule has 0 bridgehead atoms. The summed E-state index contributed by atoms with van der Waals surface area (Å²) in [6, 6.07) is 3.01. The van der Waals surface area contributed by atoms with Crippen molar-refractivity contribution in [1.29, 1.82) is 0 Å². The zero-order chi connectivity index (χ0) is 13.7. The molecule has 0 aliphatic carbocycles. The predicted octanol–water partition coefficient (Wildman–Crippen LogP) is 0.647. The van der Waals surface area contributed by atoms with E-state index in [9.17, 15) is 4.79 Å². The number of carbonyl (C=O) groups excluding carboxylic acids is 1. The minimum atomic E-state index is -0.235. The number of nitrogens with one attached hydrogen (secondary N) is 2. The molecule has 2 aromatic heterocycles. The van der Waals surface area contributed by atoms with Crippen LogP contribution in [-0.4, -0.2) is 27.0 Å². The largest absolute Gasteiger partial charge is 0.350 e. The van der Waals surface area contributed by atoms with Gasteiger partial charge in [-0.1, -0.05) is 11.6 Å². The molecule has 8 heteroatoms. The van der Waals surface area contributed by atoms with Gasteiger partial charge in [-0.3, -0.25) is 4.79 Å². The van der Waals surface area contributed by atoms with Gasteiger partial charge in [-0.15, -0.1) is 0 Å². The van der Waals surface area contributed by atoms with Crippen LogP contribution in [0.25, 0.3) is 0 Å². The lowest BCUT2D eigenvalue weighted by molar-refractivity contribution is 0.0952. The number of hydrogen-bond donors (Lipinski definition) is 3. The summed E-state index contributed by atoms with van der Waals surface area (Å²) in [4.78, 5) is 19.7. The van der Waals surface area contributed by atoms with Gasteiger partial charge in [-0.05, 0) is 12.1 Å². The fraction of sp³-hybridized carbons (Fsp3) is 0.182. The van der Waals surface area contributed by atoms with Crippen molar-refractivity contribution in [3.8, 4) is 0 Å². The quantitative estimate of drug-likeness (QED) is 0.424. The van der Waals surface area contributed by atoms with Gasteiger partial charge in [0, 0.05) is 31.0 Å². The first-order valence-corrected chi connectivity index (χ1v) is 5.95. The summed E-state index contributed by atoms with van der Waals surface area (Å²) >= 11 is 5.79. The molecule has 7 nitrogen and oxygen atoms in total. The molecule has 0 saturated heterocycles. The summed E-state index contributed by atoms with van der Waals surface area (Å²) in [5, 5.41) is 2.98. The van der Waals surface area contributed by atoms with Crippen LogP contribution in [0.2, 0.25) is 5.15 Å². The molecule has 2 aromatic rings. The monoisotopic (exact) mass is 280 g/mol. The van der Waals surface area contributed by atoms with Gasteiger partial charge in [0.15, 0.2) is 0 Å². The van der Waals surface area contributed by atoms with Gasteiger partial charge in [-0.2, -0.15) is 0 Å². The number of anilines is 1. The van der Waals surface area contributed by atoms with Gasteiger partial charge in [0.25, 0.3) is 5.91 Å². The number of amides is 1. The molecule has 2 heterocycles. The number of halogens is 1. The summed E-state index contributed by atoms with van der Waals surface area (Å²) in [5.41, 5.74) is 2.76. The number of imidazole rings is 1. The molecule has 19 heavy (non-hydrogen) atoms. The molecule has 2 rings (SSSR count). The molecule has 0 spiro atoms. The molecule has 0 radical (unpaired) electrons. The van der Waals surface area contributed by atoms with Gasteiger partial charge in [0.2, 0.25) is 0 Å². The van der Waals surface area contributed by atoms with Crippen molar-refractivity contribution in [1.82, 2.24) is 19.9 Å². The molecule has 0 saturated carbocycles. The van der Waals surface area contributed by atoms with Crippen LogP contribution in [0.4, 0.5) is 5.82 Å². The number of nitrogens with zero attached hydrogens (tertiary/aromatic N) is 3. The zero-order valence-electron chi connectivity index (χ0n) is 10.0. The van der Waals surface area contributed by atoms with E-state index in [2.05, 4.69) is 20.7 Å². The maximum absolute atomic E-state index is 11.9. The molecule has 0 aliphatic rings. The van der Waals surface area contributed by atoms with Crippen molar-refractivity contribution < 1.29 is 4.79 Å². The molecule has 0 atom stereocenters. The Labute approximate surface area is 114 Å². The Balaban J connectivity index is 1.94. The molecule has 0 aliphatic heterocycles. The standard InChI is InChI=1S/C11H13ClN6O/c12-9-5-8(6-10(16-9)17-13)11(19)15-2-4-18-3-1-14-7-18/h1,3,5-7H,2,4,13H2,(H,15,19)(H,16,17). The third-order valence-corrected chi connectivity index (χ3v) is 2.61. The summed E-state index contributed by atoms with van der Waals surface area (Å²) in [5.74, 6) is 5.34. The Morgan fingerprint density at radius 1 is 1.47 bits per heavy atom. The lowest BCUT2D eigenvalue weighted by Gasteiger charge is -2.07. The second kappa shape index (κ2) is 6.17. The first-order chi connectivity index (χ1) is 9.19. The summed E-state index contributed by atoms with van der Waals surface area (Å²) in [7, 11) is 0. The van der Waals surface area contributed by atoms with Crippen LogP contribution >= 0.6 is 11.6 Å². The van der Waals surface area contributed by atoms with Crippen LogP contribution in [0.1, 0.15) is 10.4 Å². The smallest absolute Gasteiger partial charge is 0.251 e. The number of rotatable bonds is 5. The van der Waals surface area contributed by atoms with Crippen molar-refractivity contribution in [2.24, 2.45) is 5.84 Å². The van der Waals surface area contributed by atoms with Gasteiger partial charge >= 0.3 is 0 Å². The highest BCUT2D eigenvalue weighted by Crippen LogP contribution is 2.13. The van der Waals surface area contributed by atoms with Crippen molar-refractivity contribution >= 4 is 23.3 Å². The second-order valence-corrected chi connectivity index (χ2v) is 4.15. The fourth-order valence-electron chi connectivity index (χ4n) is 1.52. The molecular formula is C11H13ClN6O. The number of nitrogens with two attached hydrogens (primary N) is 1. The first-order valence-electron chi connectivity index (χ1n) is 5.57. The van der Waals surface area contributed by atoms with Crippen molar-refractivity contribution in [2.75, 3.05) is 12.0 Å². The average Bonchev–Trinajstić information content (AvgIpc) is 2.91. The minimum absolute atomic E-state index is 0.204. The van der Waals surface area contributed by atoms with Crippen LogP contribution in [0, 0.1) is 0 Å². The number of pyridine rings is 1. The third-order valence-electron chi connectivity index (χ3n) is 2.42. The Morgan fingerprint density at radius 2 is 2.32 bits per heavy atom. The molecular weight excluding hydrogens is 268 g/mol. The third kappa shape index (κ3) is 3.67. The van der Waals surface area contributed by atoms with Crippen LogP contribution in [0.15, 0.2) is 30.9 Å². The van der Waals surface area contributed by atoms with Crippen LogP contribution in [0.3, 0.4) is 0 Å². The van der Waals surface area contributed by atoms with E-state index >= 15 is 0 Å². The number of nitrogen functional groups attached to an aromatic ring is 1. The Bertz CT molecular complexity index is 556. The molecule has 4 N–H and O–H groups in total. The summed E-state index contributed by atoms with van der Waals surface area (Å²) < 4.78 is 1.87. The summed E-state index contributed by atoms with van der Waals surface area (Å²) in [6.07, 6.45) is 5.20. The number of hydrogen-bond acceptors (Lipinski definition) is 5. The highest BCUT2D eigenvalue weighted by Gasteiger charge is 2.08. The van der Waals surface area contributed by atoms with E-state index in [1.165, 1.54) is 12.1 Å². The lowest BCUT2D eigenvalue weighted by Crippen LogP contribution is -2.27. The zero-order valence-corrected chi connectivity index (χ0v) is 10.8. The average molecular weight is 281 g/mol. The van der Waals surface area contributed by atoms with E-state index in [-0.39, 0.29) is 11.1 Å². The van der Waals surface area contributed by atoms with Crippen LogP contribution in [-0.2, 0) is 6.54 Å². The fourth-order valence-corrected chi connectivity index (χ4v) is 1.73. The van der Waals surface area contributed by atoms with Crippen molar-refractivity contribution in [3.05, 3.63) is 41.6 Å². The number of carbonyl (C=O) groups is 1. The molecule has 0 aromatic carbocycles. The van der Waals surface area contributed by atoms with Gasteiger partial charge in [0.1, 0.15) is 11.0 Å². The topological polar surface area (TPSA) is 97.9 Å². The second-order valence-electron chi connectivity index (χ2n) is 3.76. The Morgan fingerprint density at radius 3 is 3.00 bits per heavy atom. The minimum Gasteiger partial charge on any atom is -0.350 e. The highest BCUT2D eigenvalue weighted by molar-refractivity contribution is 6.29. The number of aromatic nitrogens is 3. The van der Waals surface area contributed by atoms with Crippen molar-refractivity contribution in [3.63, 3.8) is 0 Å². The Hall–Kier alpha value is -2.12. The summed E-state index contributed by atoms with van der Waals surface area (Å²) in [6.45, 7) is 1.13. The van der Waals surface area contributed by atoms with Crippen LogP contribution < -0.4 is 16.6 Å². The first kappa shape index (κ1) is 13.3. The Kier molecular flexibility index (Phi) is 4.32. The molecule has 1 amide bonds. The molecule has 0 fully saturated rings. The number of hydrazine groups is 1. The van der Waals surface area contributed by atoms with Crippen molar-refractivity contribution in [2.45, 2.75) is 6.54 Å². The molecule has 0 unspecified atom stereocenters. The van der Waals surface area contributed by atoms with E-state index in [0.29, 0.717) is 24.5 Å².